The van der Waals surface area contributed by atoms with Gasteiger partial charge in [0.1, 0.15) is 5.82 Å². The third kappa shape index (κ3) is 5.06. The van der Waals surface area contributed by atoms with E-state index in [1.807, 2.05) is 17.0 Å². The number of carbonyl (C=O) groups excluding carboxylic acids is 2. The number of nitrogens with one attached hydrogen (secondary N) is 2. The predicted octanol–water partition coefficient (Wildman–Crippen LogP) is 1.05. The first-order valence-electron chi connectivity index (χ1n) is 8.84. The number of morpholine rings is 1. The van der Waals surface area contributed by atoms with E-state index in [9.17, 15) is 9.59 Å². The van der Waals surface area contributed by atoms with E-state index in [2.05, 4.69) is 20.5 Å². The molecule has 0 unspecified atom stereocenters. The zero-order valence-corrected chi connectivity index (χ0v) is 14.4. The maximum Gasteiger partial charge on any atom is 0.319 e. The van der Waals surface area contributed by atoms with E-state index < -0.39 is 0 Å². The molecule has 8 heteroatoms. The third-order valence-corrected chi connectivity index (χ3v) is 4.42. The van der Waals surface area contributed by atoms with Crippen LogP contribution in [0.2, 0.25) is 0 Å². The second kappa shape index (κ2) is 8.66. The molecule has 3 rings (SSSR count). The molecule has 2 aliphatic rings. The molecule has 136 valence electrons. The lowest BCUT2D eigenvalue weighted by Crippen LogP contribution is -2.36. The highest BCUT2D eigenvalue weighted by atomic mass is 16.5. The van der Waals surface area contributed by atoms with Gasteiger partial charge in [-0.2, -0.15) is 0 Å². The number of hydrogen-bond acceptors (Lipinski definition) is 5. The normalized spacial score (nSPS) is 17.4. The van der Waals surface area contributed by atoms with Crippen molar-refractivity contribution in [3.8, 4) is 0 Å². The molecule has 0 aliphatic carbocycles. The van der Waals surface area contributed by atoms with Crippen LogP contribution < -0.4 is 15.5 Å². The van der Waals surface area contributed by atoms with Crippen molar-refractivity contribution in [1.82, 2.24) is 15.2 Å². The molecular formula is C17H25N5O3. The molecule has 3 heterocycles. The van der Waals surface area contributed by atoms with Crippen molar-refractivity contribution in [3.63, 3.8) is 0 Å². The van der Waals surface area contributed by atoms with Crippen molar-refractivity contribution < 1.29 is 14.3 Å². The molecule has 0 aromatic carbocycles. The van der Waals surface area contributed by atoms with Crippen LogP contribution in [-0.4, -0.2) is 67.8 Å². The topological polar surface area (TPSA) is 86.8 Å². The maximum atomic E-state index is 11.9. The lowest BCUT2D eigenvalue weighted by atomic mass is 10.3. The fraction of sp³-hybridized carbons (Fsp3) is 0.588. The molecule has 1 aromatic heterocycles. The van der Waals surface area contributed by atoms with Crippen LogP contribution in [-0.2, 0) is 9.53 Å². The van der Waals surface area contributed by atoms with E-state index in [0.717, 1.165) is 44.8 Å². The molecule has 0 atom stereocenters. The third-order valence-electron chi connectivity index (χ3n) is 4.42. The molecule has 0 bridgehead atoms. The van der Waals surface area contributed by atoms with E-state index in [-0.39, 0.29) is 11.9 Å². The van der Waals surface area contributed by atoms with Gasteiger partial charge in [0.25, 0.3) is 0 Å². The van der Waals surface area contributed by atoms with Crippen LogP contribution in [0, 0.1) is 0 Å². The number of aromatic nitrogens is 1. The van der Waals surface area contributed by atoms with Crippen LogP contribution >= 0.6 is 0 Å². The van der Waals surface area contributed by atoms with Crippen LogP contribution in [0.3, 0.4) is 0 Å². The molecule has 2 fully saturated rings. The maximum absolute atomic E-state index is 11.9. The lowest BCUT2D eigenvalue weighted by molar-refractivity contribution is -0.129. The summed E-state index contributed by atoms with van der Waals surface area (Å²) in [5, 5.41) is 5.45. The number of amides is 3. The minimum atomic E-state index is -0.324. The highest BCUT2D eigenvalue weighted by Gasteiger charge is 2.17. The van der Waals surface area contributed by atoms with E-state index in [0.29, 0.717) is 31.9 Å². The van der Waals surface area contributed by atoms with Crippen molar-refractivity contribution >= 4 is 23.4 Å². The first-order valence-corrected chi connectivity index (χ1v) is 8.84. The largest absolute Gasteiger partial charge is 0.378 e. The average Bonchev–Trinajstić information content (AvgIpc) is 3.18. The van der Waals surface area contributed by atoms with Gasteiger partial charge in [0, 0.05) is 39.1 Å². The Hall–Kier alpha value is -2.35. The van der Waals surface area contributed by atoms with E-state index in [1.165, 1.54) is 0 Å². The molecule has 25 heavy (non-hydrogen) atoms. The second-order valence-corrected chi connectivity index (χ2v) is 6.22. The summed E-state index contributed by atoms with van der Waals surface area (Å²) in [4.78, 5) is 32.2. The zero-order chi connectivity index (χ0) is 17.5. The Morgan fingerprint density at radius 3 is 2.56 bits per heavy atom. The van der Waals surface area contributed by atoms with Gasteiger partial charge in [-0.3, -0.25) is 4.79 Å². The molecule has 8 nitrogen and oxygen atoms in total. The van der Waals surface area contributed by atoms with Gasteiger partial charge >= 0.3 is 6.03 Å². The predicted molar refractivity (Wildman–Crippen MR) is 94.7 cm³/mol. The number of carbonyl (C=O) groups is 2. The molecule has 3 amide bonds. The monoisotopic (exact) mass is 347 g/mol. The van der Waals surface area contributed by atoms with Gasteiger partial charge in [-0.25, -0.2) is 9.78 Å². The second-order valence-electron chi connectivity index (χ2n) is 6.22. The summed E-state index contributed by atoms with van der Waals surface area (Å²) in [7, 11) is 0. The van der Waals surface area contributed by atoms with Crippen LogP contribution in [0.5, 0.6) is 0 Å². The first kappa shape index (κ1) is 17.5. The highest BCUT2D eigenvalue weighted by Crippen LogP contribution is 2.15. The molecule has 0 spiro atoms. The number of urea groups is 1. The SMILES string of the molecule is O=C(NCCC(=O)N1CCCC1)Nc1ccc(N2CCOCC2)nc1. The van der Waals surface area contributed by atoms with Gasteiger partial charge in [0.05, 0.1) is 25.1 Å². The summed E-state index contributed by atoms with van der Waals surface area (Å²) in [6.07, 6.45) is 4.13. The van der Waals surface area contributed by atoms with E-state index >= 15 is 0 Å². The summed E-state index contributed by atoms with van der Waals surface area (Å²) in [6, 6.07) is 3.39. The Labute approximate surface area is 147 Å². The van der Waals surface area contributed by atoms with Crippen LogP contribution in [0.1, 0.15) is 19.3 Å². The number of anilines is 2. The van der Waals surface area contributed by atoms with Crippen molar-refractivity contribution in [2.75, 3.05) is 56.2 Å². The van der Waals surface area contributed by atoms with Gasteiger partial charge in [-0.15, -0.1) is 0 Å². The van der Waals surface area contributed by atoms with Crippen molar-refractivity contribution in [3.05, 3.63) is 18.3 Å². The summed E-state index contributed by atoms with van der Waals surface area (Å²) in [5.41, 5.74) is 0.625. The van der Waals surface area contributed by atoms with Crippen LogP contribution in [0.25, 0.3) is 0 Å². The lowest BCUT2D eigenvalue weighted by Gasteiger charge is -2.27. The number of rotatable bonds is 5. The molecule has 0 saturated carbocycles. The van der Waals surface area contributed by atoms with Crippen molar-refractivity contribution in [1.29, 1.82) is 0 Å². The van der Waals surface area contributed by atoms with Gasteiger partial charge in [-0.1, -0.05) is 0 Å². The van der Waals surface area contributed by atoms with Crippen molar-refractivity contribution in [2.24, 2.45) is 0 Å². The smallest absolute Gasteiger partial charge is 0.319 e. The van der Waals surface area contributed by atoms with Crippen molar-refractivity contribution in [2.45, 2.75) is 19.3 Å². The Morgan fingerprint density at radius 1 is 1.12 bits per heavy atom. The van der Waals surface area contributed by atoms with Gasteiger partial charge in [0.2, 0.25) is 5.91 Å². The van der Waals surface area contributed by atoms with E-state index in [4.69, 9.17) is 4.74 Å². The summed E-state index contributed by atoms with van der Waals surface area (Å²) in [6.45, 7) is 5.08. The minimum absolute atomic E-state index is 0.106. The molecule has 2 saturated heterocycles. The van der Waals surface area contributed by atoms with Gasteiger partial charge < -0.3 is 25.2 Å². The summed E-state index contributed by atoms with van der Waals surface area (Å²) < 4.78 is 5.32. The number of pyridine rings is 1. The fourth-order valence-electron chi connectivity index (χ4n) is 3.02. The minimum Gasteiger partial charge on any atom is -0.378 e. The van der Waals surface area contributed by atoms with Gasteiger partial charge in [0.15, 0.2) is 0 Å². The van der Waals surface area contributed by atoms with E-state index in [1.54, 1.807) is 6.20 Å². The summed E-state index contributed by atoms with van der Waals surface area (Å²) >= 11 is 0. The Balaban J connectivity index is 1.39. The number of likely N-dealkylation sites (tertiary alicyclic amines) is 1. The zero-order valence-electron chi connectivity index (χ0n) is 14.4. The standard InChI is InChI=1S/C17H25N5O3/c23-16(22-7-1-2-8-22)5-6-18-17(24)20-14-3-4-15(19-13-14)21-9-11-25-12-10-21/h3-4,13H,1-2,5-12H2,(H2,18,20,24). The molecule has 0 radical (unpaired) electrons. The first-order chi connectivity index (χ1) is 12.2. The number of hydrogen-bond donors (Lipinski definition) is 2. The molecular weight excluding hydrogens is 322 g/mol. The Kier molecular flexibility index (Phi) is 6.05. The summed E-state index contributed by atoms with van der Waals surface area (Å²) in [5.74, 6) is 0.986. The molecule has 2 N–H and O–H groups in total. The quantitative estimate of drug-likeness (QED) is 0.831. The van der Waals surface area contributed by atoms with Crippen LogP contribution in [0.15, 0.2) is 18.3 Å². The molecule has 2 aliphatic heterocycles. The Bertz CT molecular complexity index is 580. The Morgan fingerprint density at radius 2 is 1.88 bits per heavy atom. The van der Waals surface area contributed by atoms with Gasteiger partial charge in [-0.05, 0) is 25.0 Å². The highest BCUT2D eigenvalue weighted by molar-refractivity contribution is 5.89. The fourth-order valence-corrected chi connectivity index (χ4v) is 3.02. The molecule has 1 aromatic rings. The van der Waals surface area contributed by atoms with Crippen LogP contribution in [0.4, 0.5) is 16.3 Å². The number of nitrogens with zero attached hydrogens (tertiary/aromatic N) is 3. The average molecular weight is 347 g/mol. The number of ether oxygens (including phenoxy) is 1.